The predicted molar refractivity (Wildman–Crippen MR) is 117 cm³/mol. The van der Waals surface area contributed by atoms with Crippen LogP contribution in [0.25, 0.3) is 0 Å². The number of nitrogens with one attached hydrogen (secondary N) is 2. The first-order valence-corrected chi connectivity index (χ1v) is 11.3. The molecule has 1 aromatic carbocycles. The van der Waals surface area contributed by atoms with Crippen LogP contribution in [0.1, 0.15) is 30.6 Å². The van der Waals surface area contributed by atoms with Crippen molar-refractivity contribution in [3.8, 4) is 11.5 Å². The van der Waals surface area contributed by atoms with E-state index < -0.39 is 0 Å². The molecule has 2 N–H and O–H groups in total. The Morgan fingerprint density at radius 2 is 2.07 bits per heavy atom. The third-order valence-electron chi connectivity index (χ3n) is 4.79. The normalized spacial score (nSPS) is 16.3. The lowest BCUT2D eigenvalue weighted by atomic mass is 10.2. The Labute approximate surface area is 176 Å². The summed E-state index contributed by atoms with van der Waals surface area (Å²) in [7, 11) is 0. The van der Waals surface area contributed by atoms with E-state index in [-0.39, 0.29) is 0 Å². The maximum absolute atomic E-state index is 5.80. The summed E-state index contributed by atoms with van der Waals surface area (Å²) in [6, 6.07) is 10.1. The van der Waals surface area contributed by atoms with Gasteiger partial charge in [-0.15, -0.1) is 11.3 Å². The molecule has 0 saturated heterocycles. The number of fused-ring (bicyclic) bond motifs is 1. The number of benzene rings is 1. The highest BCUT2D eigenvalue weighted by molar-refractivity contribution is 7.09. The highest BCUT2D eigenvalue weighted by Crippen LogP contribution is 2.32. The standard InChI is InChI=1S/C22H29N3O3S/c1-4-19(29-13-1)15-24-22(23-9-2-10-26-16-17-5-6-17)25-18-7-8-20-21(14-18)28-12-3-11-27-20/h1,4,7-8,13-14,17H,2-3,5-6,9-12,15-16H2,(H2,23,24,25). The van der Waals surface area contributed by atoms with Crippen molar-refractivity contribution in [3.05, 3.63) is 40.6 Å². The van der Waals surface area contributed by atoms with Crippen molar-refractivity contribution in [3.63, 3.8) is 0 Å². The molecular formula is C22H29N3O3S. The van der Waals surface area contributed by atoms with E-state index in [0.717, 1.165) is 61.7 Å². The van der Waals surface area contributed by atoms with Crippen LogP contribution in [0.2, 0.25) is 0 Å². The SMILES string of the molecule is c1csc(CN=C(NCCCOCC2CC2)Nc2ccc3c(c2)OCCCO3)c1. The van der Waals surface area contributed by atoms with E-state index >= 15 is 0 Å². The maximum atomic E-state index is 5.80. The lowest BCUT2D eigenvalue weighted by molar-refractivity contribution is 0.123. The zero-order valence-electron chi connectivity index (χ0n) is 16.7. The lowest BCUT2D eigenvalue weighted by Gasteiger charge is -2.14. The van der Waals surface area contributed by atoms with Gasteiger partial charge in [0, 0.05) is 42.8 Å². The highest BCUT2D eigenvalue weighted by Gasteiger charge is 2.20. The molecule has 156 valence electrons. The first-order chi connectivity index (χ1) is 14.4. The van der Waals surface area contributed by atoms with Gasteiger partial charge in [0.05, 0.1) is 19.8 Å². The molecular weight excluding hydrogens is 386 g/mol. The minimum Gasteiger partial charge on any atom is -0.490 e. The van der Waals surface area contributed by atoms with Crippen LogP contribution in [0.4, 0.5) is 5.69 Å². The van der Waals surface area contributed by atoms with E-state index in [2.05, 4.69) is 28.1 Å². The monoisotopic (exact) mass is 415 g/mol. The van der Waals surface area contributed by atoms with Gasteiger partial charge >= 0.3 is 0 Å². The van der Waals surface area contributed by atoms with Crippen molar-refractivity contribution in [1.82, 2.24) is 5.32 Å². The summed E-state index contributed by atoms with van der Waals surface area (Å²) in [5, 5.41) is 8.89. The second-order valence-corrected chi connectivity index (χ2v) is 8.41. The number of aliphatic imine (C=N–C) groups is 1. The average Bonchev–Trinajstić information content (AvgIpc) is 3.47. The second-order valence-electron chi connectivity index (χ2n) is 7.38. The van der Waals surface area contributed by atoms with Crippen LogP contribution >= 0.6 is 11.3 Å². The largest absolute Gasteiger partial charge is 0.490 e. The fraction of sp³-hybridized carbons (Fsp3) is 0.500. The van der Waals surface area contributed by atoms with Gasteiger partial charge in [-0.05, 0) is 48.8 Å². The van der Waals surface area contributed by atoms with Crippen molar-refractivity contribution in [2.24, 2.45) is 10.9 Å². The molecule has 1 aromatic heterocycles. The van der Waals surface area contributed by atoms with Crippen molar-refractivity contribution >= 4 is 23.0 Å². The quantitative estimate of drug-likeness (QED) is 0.364. The van der Waals surface area contributed by atoms with Gasteiger partial charge in [0.1, 0.15) is 0 Å². The fourth-order valence-electron chi connectivity index (χ4n) is 2.99. The van der Waals surface area contributed by atoms with Crippen molar-refractivity contribution < 1.29 is 14.2 Å². The number of guanidine groups is 1. The molecule has 1 aliphatic heterocycles. The maximum Gasteiger partial charge on any atom is 0.196 e. The first-order valence-electron chi connectivity index (χ1n) is 10.4. The van der Waals surface area contributed by atoms with E-state index in [4.69, 9.17) is 19.2 Å². The van der Waals surface area contributed by atoms with Crippen molar-refractivity contribution in [1.29, 1.82) is 0 Å². The molecule has 0 radical (unpaired) electrons. The van der Waals surface area contributed by atoms with Crippen LogP contribution in [0.3, 0.4) is 0 Å². The number of ether oxygens (including phenoxy) is 3. The number of nitrogens with zero attached hydrogens (tertiary/aromatic N) is 1. The van der Waals surface area contributed by atoms with E-state index in [1.165, 1.54) is 17.7 Å². The summed E-state index contributed by atoms with van der Waals surface area (Å²) in [5.41, 5.74) is 0.927. The Hall–Kier alpha value is -2.25. The molecule has 2 heterocycles. The van der Waals surface area contributed by atoms with Gasteiger partial charge in [-0.25, -0.2) is 4.99 Å². The van der Waals surface area contributed by atoms with Crippen molar-refractivity contribution in [2.45, 2.75) is 32.2 Å². The van der Waals surface area contributed by atoms with Gasteiger partial charge < -0.3 is 24.8 Å². The van der Waals surface area contributed by atoms with Gasteiger partial charge in [-0.2, -0.15) is 0 Å². The molecule has 6 nitrogen and oxygen atoms in total. The van der Waals surface area contributed by atoms with Crippen LogP contribution in [0, 0.1) is 5.92 Å². The summed E-state index contributed by atoms with van der Waals surface area (Å²) in [5.74, 6) is 3.14. The fourth-order valence-corrected chi connectivity index (χ4v) is 3.62. The molecule has 2 aromatic rings. The molecule has 1 aliphatic carbocycles. The molecule has 0 spiro atoms. The minimum atomic E-state index is 0.649. The number of thiophene rings is 1. The average molecular weight is 416 g/mol. The molecule has 29 heavy (non-hydrogen) atoms. The Bertz CT molecular complexity index is 791. The summed E-state index contributed by atoms with van der Waals surface area (Å²) in [6.45, 7) is 4.52. The van der Waals surface area contributed by atoms with E-state index in [0.29, 0.717) is 19.8 Å². The third kappa shape index (κ3) is 6.65. The molecule has 1 saturated carbocycles. The van der Waals surface area contributed by atoms with Crippen LogP contribution < -0.4 is 20.1 Å². The molecule has 0 unspecified atom stereocenters. The smallest absolute Gasteiger partial charge is 0.196 e. The zero-order valence-corrected chi connectivity index (χ0v) is 17.5. The number of rotatable bonds is 9. The van der Waals surface area contributed by atoms with E-state index in [1.807, 2.05) is 18.2 Å². The minimum absolute atomic E-state index is 0.649. The molecule has 2 aliphatic rings. The van der Waals surface area contributed by atoms with Gasteiger partial charge in [0.2, 0.25) is 0 Å². The van der Waals surface area contributed by atoms with Crippen LogP contribution in [0.15, 0.2) is 40.7 Å². The summed E-state index contributed by atoms with van der Waals surface area (Å²) in [6.07, 6.45) is 4.51. The molecule has 0 amide bonds. The summed E-state index contributed by atoms with van der Waals surface area (Å²) < 4.78 is 17.2. The number of hydrogen-bond acceptors (Lipinski definition) is 5. The predicted octanol–water partition coefficient (Wildman–Crippen LogP) is 4.28. The number of hydrogen-bond donors (Lipinski definition) is 2. The first kappa shape index (κ1) is 20.0. The second kappa shape index (κ2) is 10.5. The zero-order chi connectivity index (χ0) is 19.7. The lowest BCUT2D eigenvalue weighted by Crippen LogP contribution is -2.32. The molecule has 0 atom stereocenters. The number of anilines is 1. The van der Waals surface area contributed by atoms with E-state index in [9.17, 15) is 0 Å². The Balaban J connectivity index is 1.33. The van der Waals surface area contributed by atoms with Crippen molar-refractivity contribution in [2.75, 3.05) is 38.3 Å². The van der Waals surface area contributed by atoms with Gasteiger partial charge in [-0.1, -0.05) is 6.07 Å². The van der Waals surface area contributed by atoms with Crippen LogP contribution in [-0.4, -0.2) is 38.9 Å². The molecule has 1 fully saturated rings. The third-order valence-corrected chi connectivity index (χ3v) is 5.65. The Morgan fingerprint density at radius 1 is 1.17 bits per heavy atom. The molecule has 7 heteroatoms. The van der Waals surface area contributed by atoms with Gasteiger partial charge in [-0.3, -0.25) is 0 Å². The Kier molecular flexibility index (Phi) is 7.26. The van der Waals surface area contributed by atoms with Crippen LogP contribution in [-0.2, 0) is 11.3 Å². The molecule has 4 rings (SSSR count). The van der Waals surface area contributed by atoms with Gasteiger partial charge in [0.15, 0.2) is 17.5 Å². The van der Waals surface area contributed by atoms with Crippen LogP contribution in [0.5, 0.6) is 11.5 Å². The van der Waals surface area contributed by atoms with Gasteiger partial charge in [0.25, 0.3) is 0 Å². The highest BCUT2D eigenvalue weighted by atomic mass is 32.1. The summed E-state index contributed by atoms with van der Waals surface area (Å²) >= 11 is 1.72. The topological polar surface area (TPSA) is 64.1 Å². The van der Waals surface area contributed by atoms with E-state index in [1.54, 1.807) is 11.3 Å². The Morgan fingerprint density at radius 3 is 2.90 bits per heavy atom. The molecule has 0 bridgehead atoms. The summed E-state index contributed by atoms with van der Waals surface area (Å²) in [4.78, 5) is 5.97.